The van der Waals surface area contributed by atoms with Crippen molar-refractivity contribution in [1.82, 2.24) is 4.98 Å². The van der Waals surface area contributed by atoms with Crippen molar-refractivity contribution >= 4 is 33.4 Å². The highest BCUT2D eigenvalue weighted by molar-refractivity contribution is 7.99. The van der Waals surface area contributed by atoms with Crippen LogP contribution in [0, 0.1) is 18.8 Å². The number of nitrogens with zero attached hydrogens (tertiary/aromatic N) is 2. The topological polar surface area (TPSA) is 16.8 Å². The molecule has 30 heavy (non-hydrogen) atoms. The molecule has 4 aromatic rings. The van der Waals surface area contributed by atoms with Crippen LogP contribution in [0.4, 0.5) is 0 Å². The van der Waals surface area contributed by atoms with E-state index in [0.717, 1.165) is 23.3 Å². The molecule has 2 aromatic heterocycles. The molecule has 3 heteroatoms. The molecule has 3 aliphatic rings. The first-order chi connectivity index (χ1) is 14.7. The maximum Gasteiger partial charge on any atom is 0.222 e. The summed E-state index contributed by atoms with van der Waals surface area (Å²) in [6.45, 7) is 2.26. The number of pyridine rings is 2. The summed E-state index contributed by atoms with van der Waals surface area (Å²) in [7, 11) is 2.19. The van der Waals surface area contributed by atoms with Crippen LogP contribution in [-0.4, -0.2) is 4.98 Å². The average Bonchev–Trinajstić information content (AvgIpc) is 3.39. The van der Waals surface area contributed by atoms with Gasteiger partial charge in [-0.2, -0.15) is 0 Å². The molecule has 2 nitrogen and oxygen atoms in total. The van der Waals surface area contributed by atoms with E-state index in [9.17, 15) is 0 Å². The minimum absolute atomic E-state index is 0.767. The second-order valence-electron chi connectivity index (χ2n) is 9.59. The Kier molecular flexibility index (Phi) is 3.50. The van der Waals surface area contributed by atoms with Crippen molar-refractivity contribution in [3.05, 3.63) is 59.9 Å². The van der Waals surface area contributed by atoms with E-state index in [1.54, 1.807) is 5.56 Å². The molecule has 148 valence electrons. The third-order valence-electron chi connectivity index (χ3n) is 7.98. The highest BCUT2D eigenvalue weighted by Gasteiger charge is 2.41. The van der Waals surface area contributed by atoms with Gasteiger partial charge in [0.25, 0.3) is 0 Å². The molecule has 7 rings (SSSR count). The first kappa shape index (κ1) is 17.3. The van der Waals surface area contributed by atoms with Crippen molar-refractivity contribution in [2.45, 2.75) is 48.3 Å². The molecule has 3 heterocycles. The zero-order valence-electron chi connectivity index (χ0n) is 17.5. The number of benzene rings is 2. The van der Waals surface area contributed by atoms with Crippen LogP contribution in [0.3, 0.4) is 0 Å². The van der Waals surface area contributed by atoms with Crippen LogP contribution in [0.5, 0.6) is 0 Å². The maximum atomic E-state index is 4.66. The zero-order chi connectivity index (χ0) is 20.0. The second kappa shape index (κ2) is 6.07. The van der Waals surface area contributed by atoms with E-state index in [2.05, 4.69) is 60.1 Å². The minimum atomic E-state index is 0.767. The van der Waals surface area contributed by atoms with Crippen LogP contribution in [-0.2, 0) is 7.05 Å². The molecule has 0 radical (unpaired) electrons. The highest BCUT2D eigenvalue weighted by Crippen LogP contribution is 2.55. The largest absolute Gasteiger partial charge is 0.256 e. The summed E-state index contributed by atoms with van der Waals surface area (Å²) in [5.74, 6) is 2.66. The Hall–Kier alpha value is -2.39. The van der Waals surface area contributed by atoms with Crippen molar-refractivity contribution < 1.29 is 4.57 Å². The van der Waals surface area contributed by atoms with Crippen LogP contribution < -0.4 is 4.57 Å². The Morgan fingerprint density at radius 2 is 2.00 bits per heavy atom. The Morgan fingerprint density at radius 3 is 2.83 bits per heavy atom. The highest BCUT2D eigenvalue weighted by atomic mass is 32.2. The van der Waals surface area contributed by atoms with Gasteiger partial charge in [0.15, 0.2) is 6.20 Å². The molecule has 2 aromatic carbocycles. The molecule has 2 aliphatic carbocycles. The van der Waals surface area contributed by atoms with E-state index < -0.39 is 0 Å². The van der Waals surface area contributed by atoms with Crippen LogP contribution in [0.1, 0.15) is 42.7 Å². The fourth-order valence-corrected chi connectivity index (χ4v) is 7.87. The first-order valence-electron chi connectivity index (χ1n) is 11.2. The SMILES string of the molecule is Cc1c2c(cc3ncccc13)Sc1cc(C3CC4CCC3C4)cc3cc[n+](C)c-2c13. The maximum absolute atomic E-state index is 4.66. The molecule has 2 bridgehead atoms. The molecule has 2 saturated carbocycles. The van der Waals surface area contributed by atoms with Gasteiger partial charge in [0.1, 0.15) is 7.05 Å². The number of fused-ring (bicyclic) bond motifs is 5. The molecule has 3 atom stereocenters. The number of aryl methyl sites for hydroxylation is 2. The molecule has 0 spiro atoms. The van der Waals surface area contributed by atoms with Crippen molar-refractivity contribution in [3.63, 3.8) is 0 Å². The van der Waals surface area contributed by atoms with Crippen LogP contribution in [0.25, 0.3) is 32.9 Å². The second-order valence-corrected chi connectivity index (χ2v) is 10.7. The van der Waals surface area contributed by atoms with Gasteiger partial charge in [-0.15, -0.1) is 0 Å². The molecule has 2 fully saturated rings. The van der Waals surface area contributed by atoms with E-state index >= 15 is 0 Å². The first-order valence-corrected chi connectivity index (χ1v) is 12.0. The van der Waals surface area contributed by atoms with Gasteiger partial charge in [-0.1, -0.05) is 30.3 Å². The van der Waals surface area contributed by atoms with Gasteiger partial charge in [-0.05, 0) is 78.7 Å². The lowest BCUT2D eigenvalue weighted by atomic mass is 9.82. The zero-order valence-corrected chi connectivity index (χ0v) is 18.3. The normalized spacial score (nSPS) is 24.0. The number of hydrogen-bond acceptors (Lipinski definition) is 2. The summed E-state index contributed by atoms with van der Waals surface area (Å²) in [5, 5.41) is 4.09. The van der Waals surface area contributed by atoms with E-state index in [1.807, 2.05) is 24.0 Å². The van der Waals surface area contributed by atoms with Crippen molar-refractivity contribution in [2.24, 2.45) is 18.9 Å². The third kappa shape index (κ3) is 2.27. The van der Waals surface area contributed by atoms with Crippen LogP contribution >= 0.6 is 11.8 Å². The summed E-state index contributed by atoms with van der Waals surface area (Å²) in [6, 6.07) is 13.9. The summed E-state index contributed by atoms with van der Waals surface area (Å²) in [6.07, 6.45) is 9.91. The Balaban J connectivity index is 1.51. The summed E-state index contributed by atoms with van der Waals surface area (Å²) in [5.41, 5.74) is 6.77. The van der Waals surface area contributed by atoms with Gasteiger partial charge in [-0.3, -0.25) is 4.98 Å². The van der Waals surface area contributed by atoms with Crippen LogP contribution in [0.2, 0.25) is 0 Å². The lowest BCUT2D eigenvalue weighted by Crippen LogP contribution is -2.31. The predicted octanol–water partition coefficient (Wildman–Crippen LogP) is 6.56. The summed E-state index contributed by atoms with van der Waals surface area (Å²) >= 11 is 1.95. The Bertz CT molecular complexity index is 1370. The molecule has 3 unspecified atom stereocenters. The van der Waals surface area contributed by atoms with Gasteiger partial charge < -0.3 is 0 Å². The summed E-state index contributed by atoms with van der Waals surface area (Å²) in [4.78, 5) is 7.44. The molecule has 0 saturated heterocycles. The van der Waals surface area contributed by atoms with E-state index in [1.165, 1.54) is 68.5 Å². The number of aromatic nitrogens is 2. The van der Waals surface area contributed by atoms with Crippen molar-refractivity contribution in [1.29, 1.82) is 0 Å². The van der Waals surface area contributed by atoms with E-state index in [0.29, 0.717) is 0 Å². The lowest BCUT2D eigenvalue weighted by molar-refractivity contribution is -0.659. The smallest absolute Gasteiger partial charge is 0.222 e. The monoisotopic (exact) mass is 409 g/mol. The molecular formula is C27H25N2S+. The summed E-state index contributed by atoms with van der Waals surface area (Å²) < 4.78 is 2.32. The number of rotatable bonds is 1. The van der Waals surface area contributed by atoms with Gasteiger partial charge >= 0.3 is 0 Å². The van der Waals surface area contributed by atoms with E-state index in [4.69, 9.17) is 0 Å². The van der Waals surface area contributed by atoms with Gasteiger partial charge in [0.2, 0.25) is 5.69 Å². The lowest BCUT2D eigenvalue weighted by Gasteiger charge is -2.25. The predicted molar refractivity (Wildman–Crippen MR) is 123 cm³/mol. The Labute approximate surface area is 181 Å². The van der Waals surface area contributed by atoms with E-state index in [-0.39, 0.29) is 0 Å². The Morgan fingerprint density at radius 1 is 1.07 bits per heavy atom. The minimum Gasteiger partial charge on any atom is -0.256 e. The fraction of sp³-hybridized carbons (Fsp3) is 0.333. The molecule has 0 amide bonds. The molecular weight excluding hydrogens is 384 g/mol. The number of hydrogen-bond donors (Lipinski definition) is 0. The standard InChI is InChI=1S/C27H25N2S/c1-15-20-4-3-8-28-22(20)14-24-25(15)27-26-18(7-9-29(27)2)12-19(13-23(26)30-24)21-11-16-5-6-17(21)10-16/h3-4,7-9,12-14,16-17,21H,5-6,10-11H2,1-2H3/q+1. The van der Waals surface area contributed by atoms with Crippen LogP contribution in [0.15, 0.2) is 58.6 Å². The van der Waals surface area contributed by atoms with Crippen molar-refractivity contribution in [2.75, 3.05) is 0 Å². The van der Waals surface area contributed by atoms with Gasteiger partial charge in [0.05, 0.1) is 16.5 Å². The van der Waals surface area contributed by atoms with Gasteiger partial charge in [-0.25, -0.2) is 4.57 Å². The fourth-order valence-electron chi connectivity index (χ4n) is 6.59. The molecule has 1 aliphatic heterocycles. The molecule has 0 N–H and O–H groups in total. The van der Waals surface area contributed by atoms with Crippen molar-refractivity contribution in [3.8, 4) is 11.3 Å². The third-order valence-corrected chi connectivity index (χ3v) is 9.06. The van der Waals surface area contributed by atoms with Gasteiger partial charge in [0, 0.05) is 27.4 Å². The quantitative estimate of drug-likeness (QED) is 0.292. The average molecular weight is 410 g/mol.